The molecule has 5 rings (SSSR count). The van der Waals surface area contributed by atoms with Crippen molar-refractivity contribution >= 4 is 33.9 Å². The number of nitrogens with one attached hydrogen (secondary N) is 3. The number of carbonyl (C=O) groups excluding carboxylic acids is 1. The lowest BCUT2D eigenvalue weighted by molar-refractivity contribution is -0.123. The molecule has 1 amide bonds. The van der Waals surface area contributed by atoms with Gasteiger partial charge < -0.3 is 15.6 Å². The fraction of sp³-hybridized carbons (Fsp3) is 0.409. The normalized spacial score (nSPS) is 20.3. The van der Waals surface area contributed by atoms with E-state index in [1.807, 2.05) is 26.1 Å². The molecule has 33 heavy (non-hydrogen) atoms. The van der Waals surface area contributed by atoms with E-state index in [1.165, 1.54) is 4.68 Å². The zero-order valence-electron chi connectivity index (χ0n) is 18.3. The van der Waals surface area contributed by atoms with Gasteiger partial charge in [-0.05, 0) is 37.5 Å². The number of anilines is 1. The predicted molar refractivity (Wildman–Crippen MR) is 120 cm³/mol. The molecule has 3 aromatic heterocycles. The first-order chi connectivity index (χ1) is 15.8. The molecular weight excluding hydrogens is 430 g/mol. The van der Waals surface area contributed by atoms with Crippen molar-refractivity contribution in [2.75, 3.05) is 5.32 Å². The van der Waals surface area contributed by atoms with Crippen LogP contribution in [0.3, 0.4) is 0 Å². The van der Waals surface area contributed by atoms with Gasteiger partial charge in [0.15, 0.2) is 0 Å². The first kappa shape index (κ1) is 21.2. The summed E-state index contributed by atoms with van der Waals surface area (Å²) in [6, 6.07) is 5.62. The van der Waals surface area contributed by atoms with Gasteiger partial charge in [-0.15, -0.1) is 5.10 Å². The van der Waals surface area contributed by atoms with Crippen LogP contribution in [0.15, 0.2) is 30.6 Å². The maximum Gasteiger partial charge on any atom is 0.258 e. The second-order valence-corrected chi connectivity index (χ2v) is 8.74. The van der Waals surface area contributed by atoms with Crippen molar-refractivity contribution in [3.05, 3.63) is 30.6 Å². The Labute approximate surface area is 188 Å². The zero-order chi connectivity index (χ0) is 23.2. The maximum absolute atomic E-state index is 12.8. The molecule has 1 saturated carbocycles. The van der Waals surface area contributed by atoms with E-state index in [2.05, 4.69) is 35.9 Å². The number of fused-ring (bicyclic) bond motifs is 2. The molecule has 0 saturated heterocycles. The summed E-state index contributed by atoms with van der Waals surface area (Å²) in [7, 11) is 0. The van der Waals surface area contributed by atoms with E-state index in [0.29, 0.717) is 29.0 Å². The Morgan fingerprint density at radius 2 is 2.18 bits per heavy atom. The number of H-pyrrole nitrogens is 1. The summed E-state index contributed by atoms with van der Waals surface area (Å²) >= 11 is 0. The molecule has 4 aromatic rings. The number of carbonyl (C=O) groups is 1. The molecule has 0 spiro atoms. The molecule has 1 aromatic carbocycles. The molecule has 1 fully saturated rings. The van der Waals surface area contributed by atoms with Crippen LogP contribution in [0.5, 0.6) is 0 Å². The van der Waals surface area contributed by atoms with Crippen LogP contribution in [-0.4, -0.2) is 53.9 Å². The van der Waals surface area contributed by atoms with Crippen molar-refractivity contribution in [1.82, 2.24) is 35.3 Å². The monoisotopic (exact) mass is 454 g/mol. The van der Waals surface area contributed by atoms with Crippen LogP contribution in [0.1, 0.15) is 33.1 Å². The zero-order valence-corrected chi connectivity index (χ0v) is 18.3. The number of hydrogen-bond donors (Lipinski definition) is 3. The highest BCUT2D eigenvalue weighted by atomic mass is 19.3. The second-order valence-electron chi connectivity index (χ2n) is 8.74. The van der Waals surface area contributed by atoms with E-state index in [0.717, 1.165) is 29.4 Å². The predicted octanol–water partition coefficient (Wildman–Crippen LogP) is 3.49. The van der Waals surface area contributed by atoms with Crippen molar-refractivity contribution in [1.29, 1.82) is 0 Å². The fourth-order valence-corrected chi connectivity index (χ4v) is 4.45. The Morgan fingerprint density at radius 3 is 2.94 bits per heavy atom. The molecule has 11 heteroatoms. The van der Waals surface area contributed by atoms with Crippen LogP contribution in [0.2, 0.25) is 0 Å². The van der Waals surface area contributed by atoms with Crippen LogP contribution in [0, 0.1) is 0 Å². The summed E-state index contributed by atoms with van der Waals surface area (Å²) in [5.74, 6) is 0.568. The largest absolute Gasteiger partial charge is 0.351 e. The third-order valence-corrected chi connectivity index (χ3v) is 6.06. The summed E-state index contributed by atoms with van der Waals surface area (Å²) in [6.45, 7) is 3.38. The van der Waals surface area contributed by atoms with Gasteiger partial charge >= 0.3 is 0 Å². The minimum atomic E-state index is -2.51. The number of benzene rings is 1. The number of amides is 1. The summed E-state index contributed by atoms with van der Waals surface area (Å²) < 4.78 is 26.9. The first-order valence-electron chi connectivity index (χ1n) is 10.9. The second kappa shape index (κ2) is 8.05. The summed E-state index contributed by atoms with van der Waals surface area (Å²) in [6.07, 6.45) is 3.13. The Bertz CT molecular complexity index is 1320. The highest BCUT2D eigenvalue weighted by Gasteiger charge is 2.41. The molecule has 0 bridgehead atoms. The lowest BCUT2D eigenvalue weighted by atomic mass is 9.74. The standard InChI is InChI=1S/C22H24F2N8O/c1-3-19(33)29-22(2)7-13(8-22)27-21-26-10-15-14(9-25-20(15)28-21)12-4-5-16-17(6-12)32(31-30-16)11-18(23)24/h4-6,9-10,13,18H,3,7-8,11H2,1-2H3,(H,29,33)(H2,25,26,27,28)/t13-,22+. The minimum absolute atomic E-state index is 0.0544. The number of aromatic nitrogens is 6. The average Bonchev–Trinajstić information content (AvgIpc) is 3.35. The number of aromatic amines is 1. The van der Waals surface area contributed by atoms with Gasteiger partial charge in [-0.1, -0.05) is 18.2 Å². The average molecular weight is 454 g/mol. The van der Waals surface area contributed by atoms with Gasteiger partial charge in [-0.25, -0.2) is 18.4 Å². The van der Waals surface area contributed by atoms with Crippen molar-refractivity contribution in [3.63, 3.8) is 0 Å². The molecule has 0 aliphatic heterocycles. The number of rotatable bonds is 7. The summed E-state index contributed by atoms with van der Waals surface area (Å²) in [5, 5.41) is 15.0. The van der Waals surface area contributed by atoms with Crippen LogP contribution >= 0.6 is 0 Å². The van der Waals surface area contributed by atoms with Gasteiger partial charge in [-0.2, -0.15) is 4.98 Å². The van der Waals surface area contributed by atoms with Crippen molar-refractivity contribution in [2.45, 2.75) is 57.7 Å². The molecule has 1 aliphatic rings. The lowest BCUT2D eigenvalue weighted by Gasteiger charge is -2.45. The quantitative estimate of drug-likeness (QED) is 0.394. The van der Waals surface area contributed by atoms with E-state index >= 15 is 0 Å². The molecule has 1 aliphatic carbocycles. The van der Waals surface area contributed by atoms with Gasteiger partial charge in [-0.3, -0.25) is 4.79 Å². The third kappa shape index (κ3) is 4.10. The van der Waals surface area contributed by atoms with Gasteiger partial charge in [0.2, 0.25) is 11.9 Å². The molecule has 3 N–H and O–H groups in total. The molecule has 172 valence electrons. The minimum Gasteiger partial charge on any atom is -0.351 e. The van der Waals surface area contributed by atoms with Gasteiger partial charge in [0, 0.05) is 41.3 Å². The first-order valence-corrected chi connectivity index (χ1v) is 10.9. The topological polar surface area (TPSA) is 113 Å². The van der Waals surface area contributed by atoms with E-state index in [9.17, 15) is 13.6 Å². The molecule has 0 radical (unpaired) electrons. The van der Waals surface area contributed by atoms with Gasteiger partial charge in [0.05, 0.1) is 5.52 Å². The van der Waals surface area contributed by atoms with Crippen molar-refractivity contribution in [3.8, 4) is 11.1 Å². The number of halogens is 2. The number of nitrogens with zero attached hydrogens (tertiary/aromatic N) is 5. The molecule has 3 heterocycles. The van der Waals surface area contributed by atoms with E-state index in [-0.39, 0.29) is 17.5 Å². The molecule has 9 nitrogen and oxygen atoms in total. The summed E-state index contributed by atoms with van der Waals surface area (Å²) in [4.78, 5) is 23.9. The van der Waals surface area contributed by atoms with Gasteiger partial charge in [0.25, 0.3) is 6.43 Å². The van der Waals surface area contributed by atoms with Crippen LogP contribution < -0.4 is 10.6 Å². The van der Waals surface area contributed by atoms with E-state index in [1.54, 1.807) is 18.3 Å². The highest BCUT2D eigenvalue weighted by Crippen LogP contribution is 2.34. The third-order valence-electron chi connectivity index (χ3n) is 6.06. The Hall–Kier alpha value is -3.63. The Kier molecular flexibility index (Phi) is 5.18. The van der Waals surface area contributed by atoms with E-state index < -0.39 is 13.0 Å². The van der Waals surface area contributed by atoms with Crippen LogP contribution in [0.25, 0.3) is 33.2 Å². The van der Waals surface area contributed by atoms with Crippen LogP contribution in [0.4, 0.5) is 14.7 Å². The van der Waals surface area contributed by atoms with E-state index in [4.69, 9.17) is 0 Å². The van der Waals surface area contributed by atoms with Crippen molar-refractivity contribution in [2.24, 2.45) is 0 Å². The lowest BCUT2D eigenvalue weighted by Crippen LogP contribution is -2.59. The fourth-order valence-electron chi connectivity index (χ4n) is 4.45. The summed E-state index contributed by atoms with van der Waals surface area (Å²) in [5.41, 5.74) is 3.27. The van der Waals surface area contributed by atoms with Gasteiger partial charge in [0.1, 0.15) is 17.7 Å². The molecule has 0 atom stereocenters. The maximum atomic E-state index is 12.8. The van der Waals surface area contributed by atoms with Crippen molar-refractivity contribution < 1.29 is 13.6 Å². The molecular formula is C22H24F2N8O. The number of alkyl halides is 2. The SMILES string of the molecule is CCC(=O)N[C@]1(C)C[C@H](Nc2ncc3c(-c4ccc5nnn(CC(F)F)c5c4)c[nH]c3n2)C1. The smallest absolute Gasteiger partial charge is 0.258 e. The Balaban J connectivity index is 1.34. The molecule has 0 unspecified atom stereocenters. The Morgan fingerprint density at radius 1 is 1.36 bits per heavy atom. The highest BCUT2D eigenvalue weighted by molar-refractivity contribution is 5.95. The van der Waals surface area contributed by atoms with Crippen LogP contribution in [-0.2, 0) is 11.3 Å². The number of hydrogen-bond acceptors (Lipinski definition) is 6.